The predicted molar refractivity (Wildman–Crippen MR) is 119 cm³/mol. The zero-order valence-electron chi connectivity index (χ0n) is 16.6. The summed E-state index contributed by atoms with van der Waals surface area (Å²) in [5.74, 6) is 0.208. The smallest absolute Gasteiger partial charge is 0.227 e. The van der Waals surface area contributed by atoms with Crippen molar-refractivity contribution in [1.82, 2.24) is 4.31 Å². The standard InChI is InChI=1S/C22H25ClN2O4S/c1-2-13-29-21-8-4-7-20(15-21)24-22(26)18-9-11-25(12-10-18)30(27,28)16-17-5-3-6-19(23)14-17/h2-8,14-15,18H,1,9-13,16H2,(H,24,26). The molecular formula is C22H25ClN2O4S. The Morgan fingerprint density at radius 1 is 1.20 bits per heavy atom. The van der Waals surface area contributed by atoms with E-state index in [1.807, 2.05) is 6.07 Å². The van der Waals surface area contributed by atoms with Crippen LogP contribution in [0, 0.1) is 5.92 Å². The van der Waals surface area contributed by atoms with Crippen LogP contribution in [-0.2, 0) is 20.6 Å². The molecule has 0 aliphatic carbocycles. The minimum Gasteiger partial charge on any atom is -0.489 e. The lowest BCUT2D eigenvalue weighted by Crippen LogP contribution is -2.41. The number of nitrogens with zero attached hydrogens (tertiary/aromatic N) is 1. The molecule has 160 valence electrons. The number of benzene rings is 2. The number of hydrogen-bond acceptors (Lipinski definition) is 4. The lowest BCUT2D eigenvalue weighted by molar-refractivity contribution is -0.120. The molecule has 1 amide bonds. The summed E-state index contributed by atoms with van der Waals surface area (Å²) in [5, 5.41) is 3.41. The molecule has 0 bridgehead atoms. The number of carbonyl (C=O) groups is 1. The highest BCUT2D eigenvalue weighted by molar-refractivity contribution is 7.88. The van der Waals surface area contributed by atoms with Gasteiger partial charge in [0, 0.05) is 35.8 Å². The van der Waals surface area contributed by atoms with Crippen molar-refractivity contribution in [3.05, 3.63) is 71.8 Å². The maximum absolute atomic E-state index is 12.7. The van der Waals surface area contributed by atoms with Crippen LogP contribution >= 0.6 is 11.6 Å². The number of amides is 1. The Morgan fingerprint density at radius 2 is 1.93 bits per heavy atom. The molecule has 6 nitrogen and oxygen atoms in total. The molecule has 0 unspecified atom stereocenters. The molecule has 8 heteroatoms. The third-order valence-electron chi connectivity index (χ3n) is 4.93. The SMILES string of the molecule is C=CCOc1cccc(NC(=O)C2CCN(S(=O)(=O)Cc3cccc(Cl)c3)CC2)c1. The van der Waals surface area contributed by atoms with Crippen molar-refractivity contribution < 1.29 is 17.9 Å². The summed E-state index contributed by atoms with van der Waals surface area (Å²) >= 11 is 5.95. The topological polar surface area (TPSA) is 75.7 Å². The second-order valence-electron chi connectivity index (χ2n) is 7.18. The molecule has 0 spiro atoms. The van der Waals surface area contributed by atoms with Gasteiger partial charge in [-0.1, -0.05) is 42.5 Å². The van der Waals surface area contributed by atoms with Gasteiger partial charge in [0.2, 0.25) is 15.9 Å². The lowest BCUT2D eigenvalue weighted by Gasteiger charge is -2.30. The number of rotatable bonds is 8. The first kappa shape index (κ1) is 22.3. The first-order valence-electron chi connectivity index (χ1n) is 9.74. The number of carbonyl (C=O) groups excluding carboxylic acids is 1. The van der Waals surface area contributed by atoms with Gasteiger partial charge in [-0.3, -0.25) is 4.79 Å². The average molecular weight is 449 g/mol. The van der Waals surface area contributed by atoms with E-state index >= 15 is 0 Å². The number of nitrogens with one attached hydrogen (secondary N) is 1. The van der Waals surface area contributed by atoms with Gasteiger partial charge < -0.3 is 10.1 Å². The van der Waals surface area contributed by atoms with Crippen LogP contribution in [0.4, 0.5) is 5.69 Å². The van der Waals surface area contributed by atoms with Gasteiger partial charge in [-0.15, -0.1) is 0 Å². The fourth-order valence-electron chi connectivity index (χ4n) is 3.39. The van der Waals surface area contributed by atoms with Crippen molar-refractivity contribution in [3.63, 3.8) is 0 Å². The quantitative estimate of drug-likeness (QED) is 0.617. The van der Waals surface area contributed by atoms with Crippen molar-refractivity contribution in [2.45, 2.75) is 18.6 Å². The Kier molecular flexibility index (Phi) is 7.53. The van der Waals surface area contributed by atoms with Crippen LogP contribution < -0.4 is 10.1 Å². The van der Waals surface area contributed by atoms with E-state index in [9.17, 15) is 13.2 Å². The molecule has 1 saturated heterocycles. The summed E-state index contributed by atoms with van der Waals surface area (Å²) in [6.45, 7) is 4.64. The van der Waals surface area contributed by atoms with Crippen LogP contribution in [0.1, 0.15) is 18.4 Å². The van der Waals surface area contributed by atoms with E-state index in [1.165, 1.54) is 4.31 Å². The van der Waals surface area contributed by atoms with E-state index < -0.39 is 10.0 Å². The second kappa shape index (κ2) is 10.1. The van der Waals surface area contributed by atoms with Crippen LogP contribution in [0.5, 0.6) is 5.75 Å². The fraction of sp³-hybridized carbons (Fsp3) is 0.318. The Balaban J connectivity index is 1.54. The number of halogens is 1. The largest absolute Gasteiger partial charge is 0.489 e. The Labute approximate surface area is 182 Å². The number of hydrogen-bond donors (Lipinski definition) is 1. The highest BCUT2D eigenvalue weighted by atomic mass is 35.5. The molecule has 2 aromatic carbocycles. The molecule has 0 saturated carbocycles. The van der Waals surface area contributed by atoms with Gasteiger partial charge >= 0.3 is 0 Å². The summed E-state index contributed by atoms with van der Waals surface area (Å²) in [6, 6.07) is 14.0. The molecule has 2 aromatic rings. The van der Waals surface area contributed by atoms with Crippen molar-refractivity contribution in [1.29, 1.82) is 0 Å². The maximum atomic E-state index is 12.7. The van der Waals surface area contributed by atoms with Gasteiger partial charge in [0.25, 0.3) is 0 Å². The molecule has 1 aliphatic heterocycles. The number of ether oxygens (including phenoxy) is 1. The van der Waals surface area contributed by atoms with Crippen LogP contribution in [0.2, 0.25) is 5.02 Å². The minimum absolute atomic E-state index is 0.0953. The third-order valence-corrected chi connectivity index (χ3v) is 7.01. The molecule has 3 rings (SSSR count). The molecular weight excluding hydrogens is 424 g/mol. The van der Waals surface area contributed by atoms with Crippen molar-refractivity contribution in [2.24, 2.45) is 5.92 Å². The zero-order chi connectivity index (χ0) is 21.6. The molecule has 1 heterocycles. The molecule has 1 aliphatic rings. The molecule has 30 heavy (non-hydrogen) atoms. The summed E-state index contributed by atoms with van der Waals surface area (Å²) in [7, 11) is -3.46. The van der Waals surface area contributed by atoms with E-state index in [-0.39, 0.29) is 17.6 Å². The van der Waals surface area contributed by atoms with E-state index in [4.69, 9.17) is 16.3 Å². The van der Waals surface area contributed by atoms with Crippen molar-refractivity contribution in [2.75, 3.05) is 25.0 Å². The van der Waals surface area contributed by atoms with E-state index in [1.54, 1.807) is 48.5 Å². The van der Waals surface area contributed by atoms with Crippen LogP contribution in [-0.4, -0.2) is 38.3 Å². The van der Waals surface area contributed by atoms with E-state index in [0.29, 0.717) is 54.6 Å². The second-order valence-corrected chi connectivity index (χ2v) is 9.58. The third kappa shape index (κ3) is 6.08. The van der Waals surface area contributed by atoms with Gasteiger partial charge in [-0.2, -0.15) is 0 Å². The normalized spacial score (nSPS) is 15.5. The summed E-state index contributed by atoms with van der Waals surface area (Å²) in [5.41, 5.74) is 1.30. The Morgan fingerprint density at radius 3 is 2.63 bits per heavy atom. The molecule has 1 fully saturated rings. The van der Waals surface area contributed by atoms with Gasteiger partial charge in [-0.05, 0) is 42.7 Å². The van der Waals surface area contributed by atoms with Gasteiger partial charge in [0.1, 0.15) is 12.4 Å². The molecule has 0 atom stereocenters. The van der Waals surface area contributed by atoms with Crippen molar-refractivity contribution >= 4 is 33.2 Å². The van der Waals surface area contributed by atoms with Crippen LogP contribution in [0.15, 0.2) is 61.2 Å². The maximum Gasteiger partial charge on any atom is 0.227 e. The minimum atomic E-state index is -3.46. The molecule has 1 N–H and O–H groups in total. The lowest BCUT2D eigenvalue weighted by atomic mass is 9.97. The first-order chi connectivity index (χ1) is 14.4. The fourth-order valence-corrected chi connectivity index (χ4v) is 5.15. The van der Waals surface area contributed by atoms with Crippen molar-refractivity contribution in [3.8, 4) is 5.75 Å². The summed E-state index contributed by atoms with van der Waals surface area (Å²) in [6.07, 6.45) is 2.61. The Bertz CT molecular complexity index is 1000. The van der Waals surface area contributed by atoms with Gasteiger partial charge in [0.15, 0.2) is 0 Å². The highest BCUT2D eigenvalue weighted by Gasteiger charge is 2.31. The summed E-state index contributed by atoms with van der Waals surface area (Å²) < 4.78 is 32.4. The number of piperidine rings is 1. The predicted octanol–water partition coefficient (Wildman–Crippen LogP) is 4.09. The summed E-state index contributed by atoms with van der Waals surface area (Å²) in [4.78, 5) is 12.6. The average Bonchev–Trinajstić information content (AvgIpc) is 2.72. The molecule has 0 radical (unpaired) electrons. The van der Waals surface area contributed by atoms with Gasteiger partial charge in [-0.25, -0.2) is 12.7 Å². The molecule has 0 aromatic heterocycles. The van der Waals surface area contributed by atoms with Gasteiger partial charge in [0.05, 0.1) is 5.75 Å². The highest BCUT2D eigenvalue weighted by Crippen LogP contribution is 2.25. The zero-order valence-corrected chi connectivity index (χ0v) is 18.2. The van der Waals surface area contributed by atoms with Crippen LogP contribution in [0.3, 0.4) is 0 Å². The first-order valence-corrected chi connectivity index (χ1v) is 11.7. The number of sulfonamides is 1. The van der Waals surface area contributed by atoms with E-state index in [2.05, 4.69) is 11.9 Å². The Hall–Kier alpha value is -2.35. The number of anilines is 1. The van der Waals surface area contributed by atoms with E-state index in [0.717, 1.165) is 0 Å². The van der Waals surface area contributed by atoms with Crippen LogP contribution in [0.25, 0.3) is 0 Å². The monoisotopic (exact) mass is 448 g/mol.